The largest absolute Gasteiger partial charge is 0.325 e. The molecule has 2 N–H and O–H groups in total. The number of benzene rings is 2. The Labute approximate surface area is 170 Å². The van der Waals surface area contributed by atoms with Crippen LogP contribution < -0.4 is 10.6 Å². The van der Waals surface area contributed by atoms with E-state index < -0.39 is 0 Å². The number of halogens is 1. The molecule has 0 aromatic heterocycles. The highest BCUT2D eigenvalue weighted by Crippen LogP contribution is 2.20. The molecular formula is C21H25ClN4O2. The summed E-state index contributed by atoms with van der Waals surface area (Å²) < 4.78 is 0. The van der Waals surface area contributed by atoms with E-state index >= 15 is 0 Å². The predicted molar refractivity (Wildman–Crippen MR) is 113 cm³/mol. The molecule has 1 aliphatic heterocycles. The van der Waals surface area contributed by atoms with Gasteiger partial charge in [-0.05, 0) is 36.8 Å². The summed E-state index contributed by atoms with van der Waals surface area (Å²) in [6.07, 6.45) is 0. The first kappa shape index (κ1) is 20.3. The average Bonchev–Trinajstić information content (AvgIpc) is 2.65. The summed E-state index contributed by atoms with van der Waals surface area (Å²) >= 11 is 6.07. The van der Waals surface area contributed by atoms with Crippen molar-refractivity contribution in [3.8, 4) is 0 Å². The molecule has 0 unspecified atom stereocenters. The van der Waals surface area contributed by atoms with Crippen LogP contribution in [0.1, 0.15) is 5.56 Å². The Morgan fingerprint density at radius 2 is 1.50 bits per heavy atom. The van der Waals surface area contributed by atoms with Gasteiger partial charge in [0.2, 0.25) is 11.8 Å². The molecule has 0 bridgehead atoms. The van der Waals surface area contributed by atoms with Gasteiger partial charge in [0.15, 0.2) is 0 Å². The molecule has 1 fully saturated rings. The monoisotopic (exact) mass is 400 g/mol. The van der Waals surface area contributed by atoms with Gasteiger partial charge in [-0.1, -0.05) is 35.9 Å². The van der Waals surface area contributed by atoms with Crippen LogP contribution in [0.25, 0.3) is 0 Å². The van der Waals surface area contributed by atoms with E-state index in [-0.39, 0.29) is 11.8 Å². The Morgan fingerprint density at radius 3 is 2.11 bits per heavy atom. The number of para-hydroxylation sites is 1. The van der Waals surface area contributed by atoms with E-state index in [0.717, 1.165) is 37.4 Å². The number of carbonyl (C=O) groups excluding carboxylic acids is 2. The zero-order valence-corrected chi connectivity index (χ0v) is 16.7. The standard InChI is InChI=1S/C21H25ClN4O2/c1-16-5-4-6-17(13-16)23-20(27)14-25-9-11-26(12-10-25)15-21(28)24-19-8-3-2-7-18(19)22/h2-8,13H,9-12,14-15H2,1H3,(H,23,27)(H,24,28). The number of piperazine rings is 1. The van der Waals surface area contributed by atoms with Crippen LogP contribution in [0.15, 0.2) is 48.5 Å². The van der Waals surface area contributed by atoms with Crippen LogP contribution in [-0.2, 0) is 9.59 Å². The fourth-order valence-corrected chi connectivity index (χ4v) is 3.37. The number of carbonyl (C=O) groups is 2. The highest BCUT2D eigenvalue weighted by Gasteiger charge is 2.21. The molecule has 2 aromatic carbocycles. The van der Waals surface area contributed by atoms with E-state index in [1.54, 1.807) is 12.1 Å². The molecular weight excluding hydrogens is 376 g/mol. The molecule has 1 saturated heterocycles. The zero-order valence-electron chi connectivity index (χ0n) is 16.0. The molecule has 1 heterocycles. The van der Waals surface area contributed by atoms with Gasteiger partial charge in [-0.15, -0.1) is 0 Å². The summed E-state index contributed by atoms with van der Waals surface area (Å²) in [5, 5.41) is 6.31. The van der Waals surface area contributed by atoms with Crippen LogP contribution >= 0.6 is 11.6 Å². The van der Waals surface area contributed by atoms with Crippen molar-refractivity contribution in [3.63, 3.8) is 0 Å². The zero-order chi connectivity index (χ0) is 19.9. The third-order valence-electron chi connectivity index (χ3n) is 4.65. The van der Waals surface area contributed by atoms with Crippen molar-refractivity contribution in [1.29, 1.82) is 0 Å². The Hall–Kier alpha value is -2.41. The van der Waals surface area contributed by atoms with Crippen LogP contribution in [0.3, 0.4) is 0 Å². The minimum Gasteiger partial charge on any atom is -0.325 e. The Bertz CT molecular complexity index is 835. The maximum atomic E-state index is 12.2. The molecule has 0 spiro atoms. The molecule has 6 nitrogen and oxygen atoms in total. The van der Waals surface area contributed by atoms with Crippen molar-refractivity contribution in [2.75, 3.05) is 49.9 Å². The number of nitrogens with zero attached hydrogens (tertiary/aromatic N) is 2. The summed E-state index contributed by atoms with van der Waals surface area (Å²) in [4.78, 5) is 28.7. The van der Waals surface area contributed by atoms with Crippen molar-refractivity contribution in [2.24, 2.45) is 0 Å². The first-order valence-electron chi connectivity index (χ1n) is 9.35. The number of hydrogen-bond acceptors (Lipinski definition) is 4. The molecule has 0 aliphatic carbocycles. The van der Waals surface area contributed by atoms with Crippen LogP contribution in [0.2, 0.25) is 5.02 Å². The number of nitrogens with one attached hydrogen (secondary N) is 2. The van der Waals surface area contributed by atoms with E-state index in [0.29, 0.717) is 23.8 Å². The Balaban J connectivity index is 1.40. The summed E-state index contributed by atoms with van der Waals surface area (Å²) in [6, 6.07) is 15.0. The quantitative estimate of drug-likeness (QED) is 0.782. The van der Waals surface area contributed by atoms with Crippen molar-refractivity contribution < 1.29 is 9.59 Å². The number of hydrogen-bond donors (Lipinski definition) is 2. The van der Waals surface area contributed by atoms with Crippen LogP contribution in [0.4, 0.5) is 11.4 Å². The molecule has 3 rings (SSSR count). The molecule has 2 amide bonds. The smallest absolute Gasteiger partial charge is 0.238 e. The second kappa shape index (κ2) is 9.68. The molecule has 0 saturated carbocycles. The second-order valence-corrected chi connectivity index (χ2v) is 7.41. The lowest BCUT2D eigenvalue weighted by atomic mass is 10.2. The summed E-state index contributed by atoms with van der Waals surface area (Å²) in [5.74, 6) is -0.103. The average molecular weight is 401 g/mol. The summed E-state index contributed by atoms with van der Waals surface area (Å²) in [7, 11) is 0. The summed E-state index contributed by atoms with van der Waals surface area (Å²) in [6.45, 7) is 5.65. The molecule has 0 radical (unpaired) electrons. The van der Waals surface area contributed by atoms with E-state index in [9.17, 15) is 9.59 Å². The van der Waals surface area contributed by atoms with Crippen LogP contribution in [-0.4, -0.2) is 60.9 Å². The second-order valence-electron chi connectivity index (χ2n) is 7.00. The topological polar surface area (TPSA) is 64.7 Å². The third-order valence-corrected chi connectivity index (χ3v) is 4.98. The van der Waals surface area contributed by atoms with Crippen molar-refractivity contribution >= 4 is 34.8 Å². The van der Waals surface area contributed by atoms with Gasteiger partial charge in [0, 0.05) is 31.9 Å². The third kappa shape index (κ3) is 6.05. The maximum absolute atomic E-state index is 12.2. The predicted octanol–water partition coefficient (Wildman–Crippen LogP) is 2.84. The van der Waals surface area contributed by atoms with E-state index in [2.05, 4.69) is 20.4 Å². The lowest BCUT2D eigenvalue weighted by Crippen LogP contribution is -2.50. The molecule has 1 aliphatic rings. The van der Waals surface area contributed by atoms with Crippen molar-refractivity contribution in [2.45, 2.75) is 6.92 Å². The minimum absolute atomic E-state index is 0.0180. The lowest BCUT2D eigenvalue weighted by molar-refractivity contribution is -0.120. The van der Waals surface area contributed by atoms with E-state index in [1.165, 1.54) is 0 Å². The van der Waals surface area contributed by atoms with Crippen molar-refractivity contribution in [3.05, 3.63) is 59.1 Å². The maximum Gasteiger partial charge on any atom is 0.238 e. The van der Waals surface area contributed by atoms with E-state index in [1.807, 2.05) is 43.3 Å². The van der Waals surface area contributed by atoms with Gasteiger partial charge in [-0.25, -0.2) is 0 Å². The van der Waals surface area contributed by atoms with E-state index in [4.69, 9.17) is 11.6 Å². The Morgan fingerprint density at radius 1 is 0.893 bits per heavy atom. The number of amides is 2. The first-order valence-corrected chi connectivity index (χ1v) is 9.73. The van der Waals surface area contributed by atoms with Crippen molar-refractivity contribution in [1.82, 2.24) is 9.80 Å². The van der Waals surface area contributed by atoms with Gasteiger partial charge in [0.25, 0.3) is 0 Å². The SMILES string of the molecule is Cc1cccc(NC(=O)CN2CCN(CC(=O)Nc3ccccc3Cl)CC2)c1. The number of rotatable bonds is 6. The Kier molecular flexibility index (Phi) is 7.03. The normalized spacial score (nSPS) is 15.2. The van der Waals surface area contributed by atoms with Gasteiger partial charge in [-0.2, -0.15) is 0 Å². The van der Waals surface area contributed by atoms with Crippen LogP contribution in [0, 0.1) is 6.92 Å². The number of anilines is 2. The highest BCUT2D eigenvalue weighted by atomic mass is 35.5. The summed E-state index contributed by atoms with van der Waals surface area (Å²) in [5.41, 5.74) is 2.56. The minimum atomic E-state index is -0.0845. The lowest BCUT2D eigenvalue weighted by Gasteiger charge is -2.33. The fraction of sp³-hybridized carbons (Fsp3) is 0.333. The first-order chi connectivity index (χ1) is 13.5. The van der Waals surface area contributed by atoms with Gasteiger partial charge in [0.05, 0.1) is 23.8 Å². The van der Waals surface area contributed by atoms with Crippen LogP contribution in [0.5, 0.6) is 0 Å². The fourth-order valence-electron chi connectivity index (χ4n) is 3.19. The molecule has 0 atom stereocenters. The van der Waals surface area contributed by atoms with Gasteiger partial charge in [0.1, 0.15) is 0 Å². The molecule has 28 heavy (non-hydrogen) atoms. The molecule has 2 aromatic rings. The highest BCUT2D eigenvalue weighted by molar-refractivity contribution is 6.33. The van der Waals surface area contributed by atoms with Gasteiger partial charge < -0.3 is 10.6 Å². The molecule has 7 heteroatoms. The van der Waals surface area contributed by atoms with Gasteiger partial charge >= 0.3 is 0 Å². The van der Waals surface area contributed by atoms with Gasteiger partial charge in [-0.3, -0.25) is 19.4 Å². The number of aryl methyl sites for hydroxylation is 1. The molecule has 148 valence electrons.